The van der Waals surface area contributed by atoms with Gasteiger partial charge in [0.1, 0.15) is 11.5 Å². The first-order valence-electron chi connectivity index (χ1n) is 8.57. The summed E-state index contributed by atoms with van der Waals surface area (Å²) in [7, 11) is 5.54. The lowest BCUT2D eigenvalue weighted by Gasteiger charge is -2.22. The summed E-state index contributed by atoms with van der Waals surface area (Å²) in [5.74, 6) is 1.44. The van der Waals surface area contributed by atoms with Gasteiger partial charge in [-0.05, 0) is 38.4 Å². The normalized spacial score (nSPS) is 12.0. The molecule has 26 heavy (non-hydrogen) atoms. The Morgan fingerprint density at radius 1 is 1.19 bits per heavy atom. The molecule has 0 aliphatic rings. The lowest BCUT2D eigenvalue weighted by atomic mass is 10.2. The number of anilines is 1. The smallest absolute Gasteiger partial charge is 0.319 e. The van der Waals surface area contributed by atoms with Gasteiger partial charge in [0.25, 0.3) is 0 Å². The summed E-state index contributed by atoms with van der Waals surface area (Å²) >= 11 is 0. The van der Waals surface area contributed by atoms with Crippen LogP contribution in [0, 0.1) is 0 Å². The highest BCUT2D eigenvalue weighted by Crippen LogP contribution is 2.24. The van der Waals surface area contributed by atoms with E-state index in [1.54, 1.807) is 19.4 Å². The molecule has 0 aliphatic heterocycles. The van der Waals surface area contributed by atoms with E-state index in [4.69, 9.17) is 13.9 Å². The molecule has 1 aromatic heterocycles. The van der Waals surface area contributed by atoms with E-state index in [0.29, 0.717) is 31.2 Å². The minimum atomic E-state index is -0.295. The molecular formula is C19H27N3O4. The zero-order chi connectivity index (χ0) is 18.8. The molecule has 0 bridgehead atoms. The second-order valence-corrected chi connectivity index (χ2v) is 6.02. The number of amides is 2. The van der Waals surface area contributed by atoms with Gasteiger partial charge in [0.05, 0.1) is 24.6 Å². The van der Waals surface area contributed by atoms with Crippen LogP contribution in [-0.2, 0) is 4.74 Å². The zero-order valence-electron chi connectivity index (χ0n) is 15.5. The van der Waals surface area contributed by atoms with E-state index in [9.17, 15) is 4.79 Å². The number of likely N-dealkylation sites (N-methyl/N-ethyl adjacent to an activating group) is 1. The minimum absolute atomic E-state index is 0.0451. The van der Waals surface area contributed by atoms with Crippen LogP contribution in [0.3, 0.4) is 0 Å². The fourth-order valence-electron chi connectivity index (χ4n) is 2.46. The van der Waals surface area contributed by atoms with Crippen LogP contribution in [0.5, 0.6) is 5.75 Å². The summed E-state index contributed by atoms with van der Waals surface area (Å²) in [4.78, 5) is 14.3. The summed E-state index contributed by atoms with van der Waals surface area (Å²) in [6.07, 6.45) is 2.41. The van der Waals surface area contributed by atoms with Crippen LogP contribution in [0.25, 0.3) is 0 Å². The molecule has 0 saturated heterocycles. The number of nitrogens with zero attached hydrogens (tertiary/aromatic N) is 1. The van der Waals surface area contributed by atoms with Gasteiger partial charge in [0, 0.05) is 26.7 Å². The van der Waals surface area contributed by atoms with Crippen LogP contribution in [0.4, 0.5) is 10.5 Å². The fourth-order valence-corrected chi connectivity index (χ4v) is 2.46. The van der Waals surface area contributed by atoms with Crippen molar-refractivity contribution in [3.63, 3.8) is 0 Å². The number of ether oxygens (including phenoxy) is 2. The zero-order valence-corrected chi connectivity index (χ0v) is 15.5. The maximum Gasteiger partial charge on any atom is 0.319 e. The Morgan fingerprint density at radius 3 is 2.69 bits per heavy atom. The second kappa shape index (κ2) is 10.5. The third kappa shape index (κ3) is 6.09. The van der Waals surface area contributed by atoms with Gasteiger partial charge in [-0.3, -0.25) is 4.90 Å². The maximum absolute atomic E-state index is 12.3. The number of hydrogen-bond acceptors (Lipinski definition) is 5. The van der Waals surface area contributed by atoms with Gasteiger partial charge in [-0.25, -0.2) is 4.79 Å². The van der Waals surface area contributed by atoms with Crippen molar-refractivity contribution < 1.29 is 18.7 Å². The van der Waals surface area contributed by atoms with Crippen LogP contribution in [0.15, 0.2) is 47.1 Å². The molecule has 1 aromatic carbocycles. The number of urea groups is 1. The Balaban J connectivity index is 1.89. The quantitative estimate of drug-likeness (QED) is 0.636. The number of nitrogens with one attached hydrogen (secondary N) is 2. The largest absolute Gasteiger partial charge is 0.491 e. The molecular weight excluding hydrogens is 334 g/mol. The second-order valence-electron chi connectivity index (χ2n) is 6.02. The molecule has 1 heterocycles. The Kier molecular flexibility index (Phi) is 7.98. The Morgan fingerprint density at radius 2 is 2.00 bits per heavy atom. The first-order chi connectivity index (χ1) is 12.6. The molecule has 2 N–H and O–H groups in total. The molecule has 2 aromatic rings. The number of furan rings is 1. The van der Waals surface area contributed by atoms with Crippen molar-refractivity contribution in [3.8, 4) is 5.75 Å². The van der Waals surface area contributed by atoms with E-state index in [1.807, 2.05) is 49.3 Å². The highest BCUT2D eigenvalue weighted by molar-refractivity contribution is 5.90. The third-order valence-electron chi connectivity index (χ3n) is 3.84. The number of carbonyl (C=O) groups is 1. The third-order valence-corrected chi connectivity index (χ3v) is 3.84. The van der Waals surface area contributed by atoms with Crippen LogP contribution >= 0.6 is 0 Å². The summed E-state index contributed by atoms with van der Waals surface area (Å²) in [6.45, 7) is 1.58. The Bertz CT molecular complexity index is 659. The van der Waals surface area contributed by atoms with Crippen molar-refractivity contribution in [3.05, 3.63) is 48.4 Å². The summed E-state index contributed by atoms with van der Waals surface area (Å²) < 4.78 is 16.2. The predicted molar refractivity (Wildman–Crippen MR) is 101 cm³/mol. The maximum atomic E-state index is 12.3. The van der Waals surface area contributed by atoms with Crippen molar-refractivity contribution in [1.29, 1.82) is 0 Å². The van der Waals surface area contributed by atoms with Gasteiger partial charge in [0.15, 0.2) is 0 Å². The van der Waals surface area contributed by atoms with Crippen molar-refractivity contribution in [1.82, 2.24) is 10.2 Å². The molecule has 0 fully saturated rings. The van der Waals surface area contributed by atoms with Gasteiger partial charge in [-0.1, -0.05) is 12.1 Å². The minimum Gasteiger partial charge on any atom is -0.491 e. The van der Waals surface area contributed by atoms with Crippen LogP contribution in [0.2, 0.25) is 0 Å². The molecule has 0 saturated carbocycles. The van der Waals surface area contributed by atoms with Gasteiger partial charge in [-0.2, -0.15) is 0 Å². The van der Waals surface area contributed by atoms with E-state index in [2.05, 4.69) is 10.6 Å². The molecule has 7 nitrogen and oxygen atoms in total. The molecule has 1 atom stereocenters. The summed E-state index contributed by atoms with van der Waals surface area (Å²) in [5.41, 5.74) is 0.627. The van der Waals surface area contributed by atoms with Gasteiger partial charge >= 0.3 is 6.03 Å². The highest BCUT2D eigenvalue weighted by Gasteiger charge is 2.18. The van der Waals surface area contributed by atoms with E-state index in [1.165, 1.54) is 0 Å². The lowest BCUT2D eigenvalue weighted by molar-refractivity contribution is 0.172. The summed E-state index contributed by atoms with van der Waals surface area (Å²) in [5, 5.41) is 5.71. The van der Waals surface area contributed by atoms with E-state index < -0.39 is 0 Å². The SMILES string of the molecule is COCCCOc1ccccc1NC(=O)NCC(c1ccco1)N(C)C. The molecule has 0 aliphatic carbocycles. The first kappa shape index (κ1) is 19.8. The number of carbonyl (C=O) groups excluding carboxylic acids is 1. The number of methoxy groups -OCH3 is 1. The average Bonchev–Trinajstić information content (AvgIpc) is 3.14. The van der Waals surface area contributed by atoms with Crippen molar-refractivity contribution in [2.24, 2.45) is 0 Å². The molecule has 7 heteroatoms. The van der Waals surface area contributed by atoms with Crippen LogP contribution < -0.4 is 15.4 Å². The van der Waals surface area contributed by atoms with E-state index >= 15 is 0 Å². The van der Waals surface area contributed by atoms with Gasteiger partial charge < -0.3 is 24.5 Å². The number of benzene rings is 1. The van der Waals surface area contributed by atoms with Crippen molar-refractivity contribution in [2.75, 3.05) is 46.3 Å². The first-order valence-corrected chi connectivity index (χ1v) is 8.57. The molecule has 142 valence electrons. The number of rotatable bonds is 10. The predicted octanol–water partition coefficient (Wildman–Crippen LogP) is 3.12. The van der Waals surface area contributed by atoms with Gasteiger partial charge in [-0.15, -0.1) is 0 Å². The molecule has 1 unspecified atom stereocenters. The Labute approximate surface area is 154 Å². The number of hydrogen-bond donors (Lipinski definition) is 2. The van der Waals surface area contributed by atoms with Gasteiger partial charge in [0.2, 0.25) is 0 Å². The van der Waals surface area contributed by atoms with E-state index in [0.717, 1.165) is 12.2 Å². The molecule has 2 rings (SSSR count). The molecule has 0 spiro atoms. The van der Waals surface area contributed by atoms with Crippen LogP contribution in [-0.4, -0.2) is 51.9 Å². The summed E-state index contributed by atoms with van der Waals surface area (Å²) in [6, 6.07) is 10.7. The van der Waals surface area contributed by atoms with Crippen molar-refractivity contribution >= 4 is 11.7 Å². The highest BCUT2D eigenvalue weighted by atomic mass is 16.5. The average molecular weight is 361 g/mol. The molecule has 0 radical (unpaired) electrons. The monoisotopic (exact) mass is 361 g/mol. The lowest BCUT2D eigenvalue weighted by Crippen LogP contribution is -2.36. The number of para-hydroxylation sites is 2. The van der Waals surface area contributed by atoms with E-state index in [-0.39, 0.29) is 12.1 Å². The fraction of sp³-hybridized carbons (Fsp3) is 0.421. The molecule has 2 amide bonds. The topological polar surface area (TPSA) is 76.0 Å². The standard InChI is InChI=1S/C19H27N3O4/c1-22(2)16(18-10-6-12-26-18)14-20-19(23)21-15-8-4-5-9-17(15)25-13-7-11-24-3/h4-6,8-10,12,16H,7,11,13-14H2,1-3H3,(H2,20,21,23). The van der Waals surface area contributed by atoms with Crippen molar-refractivity contribution in [2.45, 2.75) is 12.5 Å². The van der Waals surface area contributed by atoms with Crippen LogP contribution in [0.1, 0.15) is 18.2 Å². The Hall–Kier alpha value is -2.51.